The molecule has 1 aliphatic carbocycles. The van der Waals surface area contributed by atoms with Gasteiger partial charge in [0.05, 0.1) is 17.7 Å². The summed E-state index contributed by atoms with van der Waals surface area (Å²) in [6.45, 7) is 1.30. The number of carbonyl (C=O) groups excluding carboxylic acids is 1. The number of carbonyl (C=O) groups is 1. The molecule has 3 rings (SSSR count). The van der Waals surface area contributed by atoms with Gasteiger partial charge in [0, 0.05) is 24.7 Å². The first-order valence-electron chi connectivity index (χ1n) is 9.11. The highest BCUT2D eigenvalue weighted by Gasteiger charge is 2.24. The van der Waals surface area contributed by atoms with Gasteiger partial charge in [0.2, 0.25) is 15.9 Å². The van der Waals surface area contributed by atoms with Crippen molar-refractivity contribution in [3.8, 4) is 0 Å². The van der Waals surface area contributed by atoms with Gasteiger partial charge in [0.25, 0.3) is 0 Å². The first kappa shape index (κ1) is 19.6. The summed E-state index contributed by atoms with van der Waals surface area (Å²) in [5, 5.41) is 7.88. The normalized spacial score (nSPS) is 15.3. The number of primary sulfonamides is 1. The fourth-order valence-electron chi connectivity index (χ4n) is 3.48. The van der Waals surface area contributed by atoms with Gasteiger partial charge in [-0.25, -0.2) is 13.6 Å². The van der Waals surface area contributed by atoms with Crippen molar-refractivity contribution in [2.45, 2.75) is 49.6 Å². The lowest BCUT2D eigenvalue weighted by atomic mass is 10.2. The lowest BCUT2D eigenvalue weighted by molar-refractivity contribution is -0.116. The number of nitrogens with zero attached hydrogens (tertiary/aromatic N) is 1. The minimum atomic E-state index is -3.80. The first-order chi connectivity index (χ1) is 12.9. The van der Waals surface area contributed by atoms with Gasteiger partial charge in [-0.2, -0.15) is 0 Å². The van der Waals surface area contributed by atoms with Gasteiger partial charge >= 0.3 is 0 Å². The number of amides is 1. The van der Waals surface area contributed by atoms with E-state index in [0.717, 1.165) is 18.6 Å². The van der Waals surface area contributed by atoms with Crippen molar-refractivity contribution in [1.29, 1.82) is 0 Å². The van der Waals surface area contributed by atoms with Crippen LogP contribution in [-0.4, -0.2) is 31.8 Å². The van der Waals surface area contributed by atoms with Gasteiger partial charge in [0.15, 0.2) is 0 Å². The molecule has 1 saturated carbocycles. The molecule has 0 saturated heterocycles. The van der Waals surface area contributed by atoms with Gasteiger partial charge < -0.3 is 9.73 Å². The fourth-order valence-corrected chi connectivity index (χ4v) is 4.04. The van der Waals surface area contributed by atoms with Crippen LogP contribution < -0.4 is 10.5 Å². The Morgan fingerprint density at radius 3 is 2.67 bits per heavy atom. The van der Waals surface area contributed by atoms with E-state index in [9.17, 15) is 13.2 Å². The standard InChI is InChI=1S/C19H25N3O4S/c20-27(24,25)18-9-3-5-15(13-18)21-19(23)10-11-22(16-6-1-2-7-16)14-17-8-4-12-26-17/h3-5,8-9,12-13,16H,1-2,6-7,10-11,14H2,(H,21,23)(H2,20,24,25). The maximum atomic E-state index is 12.4. The number of nitrogens with one attached hydrogen (secondary N) is 1. The molecule has 1 aromatic carbocycles. The van der Waals surface area contributed by atoms with E-state index < -0.39 is 10.0 Å². The third-order valence-corrected chi connectivity index (χ3v) is 5.76. The Bertz CT molecular complexity index is 859. The van der Waals surface area contributed by atoms with Crippen LogP contribution in [0.4, 0.5) is 5.69 Å². The summed E-state index contributed by atoms with van der Waals surface area (Å²) in [5.74, 6) is 0.729. The first-order valence-corrected chi connectivity index (χ1v) is 10.7. The molecule has 1 aromatic heterocycles. The average Bonchev–Trinajstić information content (AvgIpc) is 3.32. The monoisotopic (exact) mass is 391 g/mol. The highest BCUT2D eigenvalue weighted by Crippen LogP contribution is 2.25. The van der Waals surface area contributed by atoms with Crippen molar-refractivity contribution in [2.24, 2.45) is 5.14 Å². The number of sulfonamides is 1. The van der Waals surface area contributed by atoms with E-state index >= 15 is 0 Å². The van der Waals surface area contributed by atoms with E-state index in [1.165, 1.54) is 25.0 Å². The zero-order chi connectivity index (χ0) is 19.3. The Balaban J connectivity index is 1.59. The number of hydrogen-bond donors (Lipinski definition) is 2. The Morgan fingerprint density at radius 1 is 1.22 bits per heavy atom. The van der Waals surface area contributed by atoms with Crippen LogP contribution in [0.1, 0.15) is 37.9 Å². The number of rotatable bonds is 8. The maximum absolute atomic E-state index is 12.4. The third kappa shape index (κ3) is 5.66. The molecule has 1 aliphatic rings. The summed E-state index contributed by atoms with van der Waals surface area (Å²) in [7, 11) is -3.80. The van der Waals surface area contributed by atoms with Gasteiger partial charge in [-0.05, 0) is 43.2 Å². The topological polar surface area (TPSA) is 106 Å². The Hall–Kier alpha value is -2.16. The summed E-state index contributed by atoms with van der Waals surface area (Å²) in [6, 6.07) is 10.2. The molecule has 1 amide bonds. The van der Waals surface area contributed by atoms with E-state index in [1.54, 1.807) is 18.4 Å². The average molecular weight is 391 g/mol. The Kier molecular flexibility index (Phi) is 6.30. The minimum absolute atomic E-state index is 0.0225. The second-order valence-corrected chi connectivity index (χ2v) is 8.42. The molecular formula is C19H25N3O4S. The second kappa shape index (κ2) is 8.69. The molecule has 8 heteroatoms. The molecule has 1 fully saturated rings. The van der Waals surface area contributed by atoms with Crippen LogP contribution in [0, 0.1) is 0 Å². The van der Waals surface area contributed by atoms with Gasteiger partial charge in [0.1, 0.15) is 5.76 Å². The highest BCUT2D eigenvalue weighted by molar-refractivity contribution is 7.89. The van der Waals surface area contributed by atoms with Crippen molar-refractivity contribution < 1.29 is 17.6 Å². The number of furan rings is 1. The predicted octanol–water partition coefficient (Wildman–Crippen LogP) is 2.70. The molecular weight excluding hydrogens is 366 g/mol. The molecule has 27 heavy (non-hydrogen) atoms. The molecule has 0 bridgehead atoms. The quantitative estimate of drug-likeness (QED) is 0.720. The summed E-state index contributed by atoms with van der Waals surface area (Å²) < 4.78 is 28.3. The number of hydrogen-bond acceptors (Lipinski definition) is 5. The molecule has 1 heterocycles. The Labute approximate surface area is 159 Å². The molecule has 146 valence electrons. The van der Waals surface area contributed by atoms with Crippen molar-refractivity contribution in [3.63, 3.8) is 0 Å². The number of nitrogens with two attached hydrogens (primary N) is 1. The lowest BCUT2D eigenvalue weighted by Gasteiger charge is -2.27. The Morgan fingerprint density at radius 2 is 2.00 bits per heavy atom. The van der Waals surface area contributed by atoms with E-state index in [1.807, 2.05) is 12.1 Å². The summed E-state index contributed by atoms with van der Waals surface area (Å²) in [4.78, 5) is 14.6. The molecule has 0 radical (unpaired) electrons. The van der Waals surface area contributed by atoms with E-state index in [-0.39, 0.29) is 10.8 Å². The van der Waals surface area contributed by atoms with Crippen molar-refractivity contribution >= 4 is 21.6 Å². The summed E-state index contributed by atoms with van der Waals surface area (Å²) in [6.07, 6.45) is 6.68. The van der Waals surface area contributed by atoms with Crippen LogP contribution in [0.3, 0.4) is 0 Å². The number of anilines is 1. The van der Waals surface area contributed by atoms with E-state index in [0.29, 0.717) is 31.2 Å². The molecule has 0 aliphatic heterocycles. The van der Waals surface area contributed by atoms with Crippen molar-refractivity contribution in [3.05, 3.63) is 48.4 Å². The van der Waals surface area contributed by atoms with E-state index in [4.69, 9.17) is 9.56 Å². The molecule has 0 spiro atoms. The minimum Gasteiger partial charge on any atom is -0.468 e. The van der Waals surface area contributed by atoms with Gasteiger partial charge in [-0.3, -0.25) is 9.69 Å². The van der Waals surface area contributed by atoms with Crippen LogP contribution in [0.25, 0.3) is 0 Å². The molecule has 0 atom stereocenters. The highest BCUT2D eigenvalue weighted by atomic mass is 32.2. The van der Waals surface area contributed by atoms with Gasteiger partial charge in [-0.15, -0.1) is 0 Å². The van der Waals surface area contributed by atoms with Crippen LogP contribution in [-0.2, 0) is 21.4 Å². The second-order valence-electron chi connectivity index (χ2n) is 6.86. The molecule has 3 N–H and O–H groups in total. The molecule has 7 nitrogen and oxygen atoms in total. The van der Waals surface area contributed by atoms with Gasteiger partial charge in [-0.1, -0.05) is 18.9 Å². The van der Waals surface area contributed by atoms with Crippen LogP contribution in [0.5, 0.6) is 0 Å². The molecule has 2 aromatic rings. The van der Waals surface area contributed by atoms with Crippen molar-refractivity contribution in [1.82, 2.24) is 4.90 Å². The SMILES string of the molecule is NS(=O)(=O)c1cccc(NC(=O)CCN(Cc2ccco2)C2CCCC2)c1. The summed E-state index contributed by atoms with van der Waals surface area (Å²) >= 11 is 0. The summed E-state index contributed by atoms with van der Waals surface area (Å²) in [5.41, 5.74) is 0.421. The van der Waals surface area contributed by atoms with Crippen LogP contribution >= 0.6 is 0 Å². The maximum Gasteiger partial charge on any atom is 0.238 e. The zero-order valence-electron chi connectivity index (χ0n) is 15.1. The van der Waals surface area contributed by atoms with Crippen LogP contribution in [0.15, 0.2) is 52.0 Å². The zero-order valence-corrected chi connectivity index (χ0v) is 16.0. The molecule has 0 unspecified atom stereocenters. The largest absolute Gasteiger partial charge is 0.468 e. The smallest absolute Gasteiger partial charge is 0.238 e. The van der Waals surface area contributed by atoms with Crippen molar-refractivity contribution in [2.75, 3.05) is 11.9 Å². The fraction of sp³-hybridized carbons (Fsp3) is 0.421. The van der Waals surface area contributed by atoms with Crippen LogP contribution in [0.2, 0.25) is 0 Å². The third-order valence-electron chi connectivity index (χ3n) is 4.85. The predicted molar refractivity (Wildman–Crippen MR) is 102 cm³/mol. The number of benzene rings is 1. The lowest BCUT2D eigenvalue weighted by Crippen LogP contribution is -2.35. The van der Waals surface area contributed by atoms with E-state index in [2.05, 4.69) is 10.2 Å².